The summed E-state index contributed by atoms with van der Waals surface area (Å²) in [6, 6.07) is 5.28. The Morgan fingerprint density at radius 2 is 2.11 bits per heavy atom. The van der Waals surface area contributed by atoms with Crippen molar-refractivity contribution in [3.05, 3.63) is 35.9 Å². The zero-order chi connectivity index (χ0) is 12.5. The summed E-state index contributed by atoms with van der Waals surface area (Å²) in [6.07, 6.45) is 3.03. The maximum absolute atomic E-state index is 5.96. The van der Waals surface area contributed by atoms with Gasteiger partial charge in [0, 0.05) is 5.69 Å². The molecule has 0 bridgehead atoms. The van der Waals surface area contributed by atoms with Crippen molar-refractivity contribution in [3.8, 4) is 0 Å². The molecule has 0 saturated heterocycles. The normalized spacial score (nSPS) is 10.7. The number of nitrogens with two attached hydrogens (primary N) is 1. The highest BCUT2D eigenvalue weighted by atomic mass is 35.5. The van der Waals surface area contributed by atoms with E-state index in [1.807, 2.05) is 6.07 Å². The molecule has 1 aromatic carbocycles. The first kappa shape index (κ1) is 10.8. The Bertz CT molecular complexity index is 708. The van der Waals surface area contributed by atoms with Crippen LogP contribution < -0.4 is 11.1 Å². The predicted molar refractivity (Wildman–Crippen MR) is 70.8 cm³/mol. The Morgan fingerprint density at radius 1 is 1.22 bits per heavy atom. The highest BCUT2D eigenvalue weighted by Crippen LogP contribution is 2.26. The number of H-pyrrole nitrogens is 1. The average molecular weight is 261 g/mol. The number of fused-ring (bicyclic) bond motifs is 1. The molecule has 4 N–H and O–H groups in total. The molecule has 6 nitrogen and oxygen atoms in total. The number of nitrogen functional groups attached to an aromatic ring is 1. The van der Waals surface area contributed by atoms with Crippen molar-refractivity contribution in [2.75, 3.05) is 11.1 Å². The van der Waals surface area contributed by atoms with Gasteiger partial charge in [-0.3, -0.25) is 0 Å². The maximum Gasteiger partial charge on any atom is 0.162 e. The van der Waals surface area contributed by atoms with E-state index in [4.69, 9.17) is 17.3 Å². The van der Waals surface area contributed by atoms with Gasteiger partial charge in [-0.25, -0.2) is 15.0 Å². The van der Waals surface area contributed by atoms with Crippen LogP contribution in [0.1, 0.15) is 0 Å². The smallest absolute Gasteiger partial charge is 0.162 e. The minimum atomic E-state index is 0.493. The number of hydrogen-bond donors (Lipinski definition) is 3. The first-order valence-corrected chi connectivity index (χ1v) is 5.58. The summed E-state index contributed by atoms with van der Waals surface area (Å²) >= 11 is 5.96. The number of rotatable bonds is 2. The molecule has 3 rings (SSSR count). The number of aromatic nitrogens is 4. The van der Waals surface area contributed by atoms with E-state index >= 15 is 0 Å². The summed E-state index contributed by atoms with van der Waals surface area (Å²) in [5.41, 5.74) is 8.33. The van der Waals surface area contributed by atoms with Crippen LogP contribution in [0.4, 0.5) is 17.2 Å². The molecule has 0 atom stereocenters. The molecule has 0 unspecified atom stereocenters. The molecule has 2 aromatic heterocycles. The summed E-state index contributed by atoms with van der Waals surface area (Å²) in [6.45, 7) is 0. The largest absolute Gasteiger partial charge is 0.398 e. The van der Waals surface area contributed by atoms with E-state index in [1.54, 1.807) is 18.5 Å². The van der Waals surface area contributed by atoms with E-state index in [0.717, 1.165) is 5.69 Å². The van der Waals surface area contributed by atoms with Crippen molar-refractivity contribution in [3.63, 3.8) is 0 Å². The van der Waals surface area contributed by atoms with Crippen molar-refractivity contribution < 1.29 is 0 Å². The molecule has 0 saturated carbocycles. The second kappa shape index (κ2) is 4.15. The molecule has 3 aromatic rings. The molecule has 0 aliphatic carbocycles. The third-order valence-corrected chi connectivity index (χ3v) is 2.81. The van der Waals surface area contributed by atoms with Crippen LogP contribution in [0.5, 0.6) is 0 Å². The minimum absolute atomic E-state index is 0.493. The molecule has 7 heteroatoms. The molecule has 18 heavy (non-hydrogen) atoms. The van der Waals surface area contributed by atoms with Gasteiger partial charge in [0.2, 0.25) is 0 Å². The summed E-state index contributed by atoms with van der Waals surface area (Å²) < 4.78 is 0. The van der Waals surface area contributed by atoms with E-state index in [-0.39, 0.29) is 0 Å². The fraction of sp³-hybridized carbons (Fsp3) is 0. The molecule has 0 aliphatic heterocycles. The lowest BCUT2D eigenvalue weighted by Crippen LogP contribution is -1.96. The molecule has 90 valence electrons. The van der Waals surface area contributed by atoms with Crippen LogP contribution in [0, 0.1) is 0 Å². The zero-order valence-corrected chi connectivity index (χ0v) is 9.94. The maximum atomic E-state index is 5.96. The van der Waals surface area contributed by atoms with Crippen molar-refractivity contribution in [2.45, 2.75) is 0 Å². The highest BCUT2D eigenvalue weighted by molar-refractivity contribution is 6.33. The van der Waals surface area contributed by atoms with E-state index in [2.05, 4.69) is 25.3 Å². The summed E-state index contributed by atoms with van der Waals surface area (Å²) in [5, 5.41) is 3.62. The molecule has 0 amide bonds. The van der Waals surface area contributed by atoms with Crippen molar-refractivity contribution >= 4 is 40.0 Å². The van der Waals surface area contributed by atoms with E-state index < -0.39 is 0 Å². The van der Waals surface area contributed by atoms with Crippen molar-refractivity contribution in [2.24, 2.45) is 0 Å². The number of nitrogens with zero attached hydrogens (tertiary/aromatic N) is 3. The number of anilines is 3. The molecular formula is C11H9ClN6. The molecule has 0 fully saturated rings. The van der Waals surface area contributed by atoms with Crippen LogP contribution in [0.2, 0.25) is 5.02 Å². The Kier molecular flexibility index (Phi) is 2.49. The van der Waals surface area contributed by atoms with Crippen molar-refractivity contribution in [1.29, 1.82) is 0 Å². The van der Waals surface area contributed by atoms with E-state index in [0.29, 0.717) is 27.7 Å². The fourth-order valence-corrected chi connectivity index (χ4v) is 1.78. The van der Waals surface area contributed by atoms with Crippen LogP contribution in [0.15, 0.2) is 30.9 Å². The van der Waals surface area contributed by atoms with Gasteiger partial charge in [-0.05, 0) is 18.2 Å². The summed E-state index contributed by atoms with van der Waals surface area (Å²) in [4.78, 5) is 15.3. The molecule has 2 heterocycles. The zero-order valence-electron chi connectivity index (χ0n) is 9.18. The standard InChI is InChI=1S/C11H9ClN6/c12-7-3-6(1-2-8(7)13)18-11-9-10(15-4-14-9)16-5-17-11/h1-5H,13H2,(H2,14,15,16,17,18). The SMILES string of the molecule is Nc1ccc(Nc2ncnc3[nH]cnc23)cc1Cl. The molecule has 0 aliphatic rings. The van der Waals surface area contributed by atoms with Crippen LogP contribution >= 0.6 is 11.6 Å². The van der Waals surface area contributed by atoms with Crippen LogP contribution in [-0.4, -0.2) is 19.9 Å². The van der Waals surface area contributed by atoms with Gasteiger partial charge >= 0.3 is 0 Å². The Hall–Kier alpha value is -2.34. The summed E-state index contributed by atoms with van der Waals surface area (Å²) in [7, 11) is 0. The van der Waals surface area contributed by atoms with Crippen molar-refractivity contribution in [1.82, 2.24) is 19.9 Å². The lowest BCUT2D eigenvalue weighted by atomic mass is 10.3. The Labute approximate surface area is 107 Å². The predicted octanol–water partition coefficient (Wildman–Crippen LogP) is 2.33. The highest BCUT2D eigenvalue weighted by Gasteiger charge is 2.06. The fourth-order valence-electron chi connectivity index (χ4n) is 1.60. The van der Waals surface area contributed by atoms with Crippen LogP contribution in [0.3, 0.4) is 0 Å². The van der Waals surface area contributed by atoms with Gasteiger partial charge in [-0.1, -0.05) is 11.6 Å². The lowest BCUT2D eigenvalue weighted by molar-refractivity contribution is 1.20. The average Bonchev–Trinajstić information content (AvgIpc) is 2.83. The molecular weight excluding hydrogens is 252 g/mol. The van der Waals surface area contributed by atoms with Gasteiger partial charge in [0.05, 0.1) is 17.0 Å². The molecule has 0 radical (unpaired) electrons. The topological polar surface area (TPSA) is 92.5 Å². The Morgan fingerprint density at radius 3 is 2.94 bits per heavy atom. The Balaban J connectivity index is 2.01. The van der Waals surface area contributed by atoms with Gasteiger partial charge in [0.15, 0.2) is 17.0 Å². The number of imidazole rings is 1. The first-order valence-electron chi connectivity index (χ1n) is 5.20. The number of benzene rings is 1. The van der Waals surface area contributed by atoms with Gasteiger partial charge in [-0.15, -0.1) is 0 Å². The van der Waals surface area contributed by atoms with Crippen LogP contribution in [0.25, 0.3) is 11.2 Å². The lowest BCUT2D eigenvalue weighted by Gasteiger charge is -2.07. The second-order valence-corrected chi connectivity index (χ2v) is 4.09. The third kappa shape index (κ3) is 1.82. The van der Waals surface area contributed by atoms with Crippen LogP contribution in [-0.2, 0) is 0 Å². The number of aromatic amines is 1. The van der Waals surface area contributed by atoms with E-state index in [9.17, 15) is 0 Å². The first-order chi connectivity index (χ1) is 8.74. The minimum Gasteiger partial charge on any atom is -0.398 e. The third-order valence-electron chi connectivity index (χ3n) is 2.48. The number of hydrogen-bond acceptors (Lipinski definition) is 5. The summed E-state index contributed by atoms with van der Waals surface area (Å²) in [5.74, 6) is 0.613. The number of halogens is 1. The van der Waals surface area contributed by atoms with E-state index in [1.165, 1.54) is 6.33 Å². The second-order valence-electron chi connectivity index (χ2n) is 3.68. The quantitative estimate of drug-likeness (QED) is 0.615. The monoisotopic (exact) mass is 260 g/mol. The number of nitrogens with one attached hydrogen (secondary N) is 2. The van der Waals surface area contributed by atoms with Gasteiger partial charge in [0.1, 0.15) is 6.33 Å². The van der Waals surface area contributed by atoms with Gasteiger partial charge in [0.25, 0.3) is 0 Å². The van der Waals surface area contributed by atoms with Gasteiger partial charge in [-0.2, -0.15) is 0 Å². The molecule has 0 spiro atoms. The van der Waals surface area contributed by atoms with Gasteiger partial charge < -0.3 is 16.0 Å².